The molecule has 0 saturated heterocycles. The van der Waals surface area contributed by atoms with Crippen molar-refractivity contribution in [3.63, 3.8) is 0 Å². The summed E-state index contributed by atoms with van der Waals surface area (Å²) in [7, 11) is 0. The smallest absolute Gasteiger partial charge is 0.303 e. The highest BCUT2D eigenvalue weighted by molar-refractivity contribution is 5.78. The van der Waals surface area contributed by atoms with Crippen LogP contribution in [-0.4, -0.2) is 16.9 Å². The summed E-state index contributed by atoms with van der Waals surface area (Å²) in [6.45, 7) is 2.23. The van der Waals surface area contributed by atoms with E-state index in [4.69, 9.17) is 5.11 Å². The van der Waals surface area contributed by atoms with Crippen molar-refractivity contribution >= 4 is 11.8 Å². The van der Waals surface area contributed by atoms with Gasteiger partial charge in [0.05, 0.1) is 0 Å². The topological polar surface area (TPSA) is 54.4 Å². The fourth-order valence-corrected chi connectivity index (χ4v) is 4.01. The predicted octanol–water partition coefficient (Wildman–Crippen LogP) is 9.19. The van der Waals surface area contributed by atoms with Gasteiger partial charge in [-0.25, -0.2) is 0 Å². The Balaban J connectivity index is 3.17. The summed E-state index contributed by atoms with van der Waals surface area (Å²) in [5.74, 6) is -0.222. The van der Waals surface area contributed by atoms with Crippen molar-refractivity contribution in [2.24, 2.45) is 0 Å². The molecule has 0 rings (SSSR count). The van der Waals surface area contributed by atoms with Gasteiger partial charge < -0.3 is 5.11 Å². The number of unbranched alkanes of at least 4 members (excludes halogenated alkanes) is 17. The second-order valence-corrected chi connectivity index (χ2v) is 9.24. The van der Waals surface area contributed by atoms with Crippen LogP contribution in [0, 0.1) is 0 Å². The molecule has 31 heavy (non-hydrogen) atoms. The molecule has 0 radical (unpaired) electrons. The van der Waals surface area contributed by atoms with E-state index in [1.165, 1.54) is 103 Å². The lowest BCUT2D eigenvalue weighted by Crippen LogP contribution is -1.96. The molecule has 0 aliphatic carbocycles. The van der Waals surface area contributed by atoms with Crippen molar-refractivity contribution in [2.45, 2.75) is 155 Å². The zero-order valence-corrected chi connectivity index (χ0v) is 20.7. The van der Waals surface area contributed by atoms with Crippen molar-refractivity contribution in [2.75, 3.05) is 0 Å². The highest BCUT2D eigenvalue weighted by atomic mass is 16.4. The number of allylic oxidation sites excluding steroid dienone is 2. The minimum atomic E-state index is -0.665. The Morgan fingerprint density at radius 2 is 0.935 bits per heavy atom. The van der Waals surface area contributed by atoms with Crippen LogP contribution in [0.1, 0.15) is 155 Å². The van der Waals surface area contributed by atoms with E-state index in [1.807, 2.05) is 0 Å². The second kappa shape index (κ2) is 25.1. The molecule has 0 spiro atoms. The van der Waals surface area contributed by atoms with Crippen LogP contribution in [0.2, 0.25) is 0 Å². The Bertz CT molecular complexity index is 428. The molecule has 0 unspecified atom stereocenters. The van der Waals surface area contributed by atoms with Crippen molar-refractivity contribution in [1.29, 1.82) is 0 Å². The van der Waals surface area contributed by atoms with Crippen LogP contribution in [0.5, 0.6) is 0 Å². The summed E-state index contributed by atoms with van der Waals surface area (Å²) in [5.41, 5.74) is 0. The van der Waals surface area contributed by atoms with E-state index in [-0.39, 0.29) is 0 Å². The van der Waals surface area contributed by atoms with Crippen LogP contribution < -0.4 is 0 Å². The minimum Gasteiger partial charge on any atom is -0.481 e. The average molecular weight is 437 g/mol. The standard InChI is InChI=1S/C28H52O3/c1-2-3-4-5-15-18-21-24-27(29)25-22-19-16-13-11-9-7-6-8-10-12-14-17-20-23-26-28(30)31/h15,18H,2-14,16-17,19-26H2,1H3,(H,30,31)/b18-15-. The average Bonchev–Trinajstić information content (AvgIpc) is 2.75. The fourth-order valence-electron chi connectivity index (χ4n) is 4.01. The zero-order valence-electron chi connectivity index (χ0n) is 20.7. The molecule has 0 aromatic rings. The first-order chi connectivity index (χ1) is 15.2. The normalized spacial score (nSPS) is 11.4. The van der Waals surface area contributed by atoms with Crippen LogP contribution in [0.15, 0.2) is 12.2 Å². The number of carboxylic acids is 1. The Morgan fingerprint density at radius 1 is 0.516 bits per heavy atom. The summed E-state index contributed by atoms with van der Waals surface area (Å²) < 4.78 is 0. The summed E-state index contributed by atoms with van der Waals surface area (Å²) >= 11 is 0. The van der Waals surface area contributed by atoms with Gasteiger partial charge >= 0.3 is 5.97 Å². The van der Waals surface area contributed by atoms with Crippen molar-refractivity contribution < 1.29 is 14.7 Å². The van der Waals surface area contributed by atoms with Gasteiger partial charge in [-0.1, -0.05) is 115 Å². The number of carboxylic acid groups (broad SMARTS) is 1. The number of ketones is 1. The number of rotatable bonds is 25. The molecule has 3 heteroatoms. The van der Waals surface area contributed by atoms with Gasteiger partial charge in [0, 0.05) is 19.3 Å². The van der Waals surface area contributed by atoms with Gasteiger partial charge in [0.2, 0.25) is 0 Å². The fraction of sp³-hybridized carbons (Fsp3) is 0.857. The molecule has 0 bridgehead atoms. The molecular formula is C28H52O3. The van der Waals surface area contributed by atoms with E-state index in [1.54, 1.807) is 0 Å². The summed E-state index contributed by atoms with van der Waals surface area (Å²) in [4.78, 5) is 22.3. The Hall–Kier alpha value is -1.12. The summed E-state index contributed by atoms with van der Waals surface area (Å²) in [6, 6.07) is 0. The molecule has 182 valence electrons. The molecule has 0 aromatic heterocycles. The minimum absolute atomic E-state index is 0.329. The van der Waals surface area contributed by atoms with Gasteiger partial charge in [0.25, 0.3) is 0 Å². The van der Waals surface area contributed by atoms with E-state index in [0.717, 1.165) is 38.5 Å². The monoisotopic (exact) mass is 436 g/mol. The molecule has 1 N–H and O–H groups in total. The third kappa shape index (κ3) is 26.8. The number of carbonyl (C=O) groups is 2. The Morgan fingerprint density at radius 3 is 1.39 bits per heavy atom. The SMILES string of the molecule is CCCCC/C=C\CCC(=O)CCCCCCCCCCCCCCCCCC(=O)O. The van der Waals surface area contributed by atoms with Gasteiger partial charge in [-0.15, -0.1) is 0 Å². The molecule has 0 aliphatic rings. The van der Waals surface area contributed by atoms with E-state index in [9.17, 15) is 9.59 Å². The first kappa shape index (κ1) is 29.9. The van der Waals surface area contributed by atoms with Crippen molar-refractivity contribution in [3.05, 3.63) is 12.2 Å². The van der Waals surface area contributed by atoms with Gasteiger partial charge in [-0.05, 0) is 32.1 Å². The van der Waals surface area contributed by atoms with Crippen LogP contribution in [0.25, 0.3) is 0 Å². The zero-order chi connectivity index (χ0) is 22.8. The second-order valence-electron chi connectivity index (χ2n) is 9.24. The van der Waals surface area contributed by atoms with Crippen LogP contribution in [0.3, 0.4) is 0 Å². The van der Waals surface area contributed by atoms with Gasteiger partial charge in [-0.2, -0.15) is 0 Å². The van der Waals surface area contributed by atoms with Crippen molar-refractivity contribution in [1.82, 2.24) is 0 Å². The Kier molecular flexibility index (Phi) is 24.2. The van der Waals surface area contributed by atoms with Crippen LogP contribution in [-0.2, 0) is 9.59 Å². The molecular weight excluding hydrogens is 384 g/mol. The molecule has 0 aromatic carbocycles. The molecule has 0 atom stereocenters. The lowest BCUT2D eigenvalue weighted by molar-refractivity contribution is -0.137. The maximum Gasteiger partial charge on any atom is 0.303 e. The van der Waals surface area contributed by atoms with E-state index >= 15 is 0 Å². The highest BCUT2D eigenvalue weighted by Gasteiger charge is 2.01. The van der Waals surface area contributed by atoms with E-state index < -0.39 is 5.97 Å². The first-order valence-electron chi connectivity index (χ1n) is 13.5. The lowest BCUT2D eigenvalue weighted by Gasteiger charge is -2.03. The highest BCUT2D eigenvalue weighted by Crippen LogP contribution is 2.14. The molecule has 0 heterocycles. The summed E-state index contributed by atoms with van der Waals surface area (Å²) in [5, 5.41) is 8.59. The van der Waals surface area contributed by atoms with E-state index in [2.05, 4.69) is 19.1 Å². The van der Waals surface area contributed by atoms with Crippen LogP contribution >= 0.6 is 0 Å². The molecule has 3 nitrogen and oxygen atoms in total. The third-order valence-electron chi connectivity index (χ3n) is 6.08. The van der Waals surface area contributed by atoms with Crippen molar-refractivity contribution in [3.8, 4) is 0 Å². The molecule has 0 fully saturated rings. The number of Topliss-reactive ketones (excluding diaryl/α,β-unsaturated/α-hetero) is 1. The molecule has 0 amide bonds. The van der Waals surface area contributed by atoms with Crippen LogP contribution in [0.4, 0.5) is 0 Å². The quantitative estimate of drug-likeness (QED) is 0.115. The molecule has 0 saturated carbocycles. The number of hydrogen-bond donors (Lipinski definition) is 1. The molecule has 0 aliphatic heterocycles. The maximum atomic E-state index is 11.9. The maximum absolute atomic E-state index is 11.9. The Labute approximate surface area is 193 Å². The number of aliphatic carboxylic acids is 1. The number of hydrogen-bond acceptors (Lipinski definition) is 2. The van der Waals surface area contributed by atoms with Gasteiger partial charge in [0.1, 0.15) is 5.78 Å². The largest absolute Gasteiger partial charge is 0.481 e. The third-order valence-corrected chi connectivity index (χ3v) is 6.08. The van der Waals surface area contributed by atoms with Gasteiger partial charge in [0.15, 0.2) is 0 Å². The number of carbonyl (C=O) groups excluding carboxylic acids is 1. The lowest BCUT2D eigenvalue weighted by atomic mass is 10.0. The first-order valence-corrected chi connectivity index (χ1v) is 13.5. The van der Waals surface area contributed by atoms with E-state index in [0.29, 0.717) is 12.2 Å². The summed E-state index contributed by atoms with van der Waals surface area (Å²) in [6.07, 6.45) is 30.9. The predicted molar refractivity (Wildman–Crippen MR) is 134 cm³/mol. The van der Waals surface area contributed by atoms with Gasteiger partial charge in [-0.3, -0.25) is 9.59 Å².